The van der Waals surface area contributed by atoms with Crippen LogP contribution in [0.15, 0.2) is 6.33 Å². The van der Waals surface area contributed by atoms with Crippen LogP contribution >= 0.6 is 0 Å². The minimum Gasteiger partial charge on any atom is -0.388 e. The van der Waals surface area contributed by atoms with Crippen molar-refractivity contribution in [2.24, 2.45) is 11.8 Å². The number of hydrazine groups is 1. The molecule has 0 unspecified atom stereocenters. The van der Waals surface area contributed by atoms with Gasteiger partial charge in [-0.25, -0.2) is 15.8 Å². The Balaban J connectivity index is 1.99. The molecule has 19 heavy (non-hydrogen) atoms. The maximum absolute atomic E-state index is 10.5. The third kappa shape index (κ3) is 3.33. The van der Waals surface area contributed by atoms with Crippen LogP contribution in [0.5, 0.6) is 0 Å². The summed E-state index contributed by atoms with van der Waals surface area (Å²) >= 11 is 0. The molecule has 1 aliphatic carbocycles. The normalized spacial score (nSPS) is 27.1. The fraction of sp³-hybridized carbons (Fsp3) is 0.692. The van der Waals surface area contributed by atoms with E-state index in [4.69, 9.17) is 5.84 Å². The first-order valence-electron chi connectivity index (χ1n) is 6.78. The predicted octanol–water partition coefficient (Wildman–Crippen LogP) is 1.42. The lowest BCUT2D eigenvalue weighted by atomic mass is 9.79. The summed E-state index contributed by atoms with van der Waals surface area (Å²) in [5.74, 6) is 7.42. The molecule has 2 rings (SSSR count). The predicted molar refractivity (Wildman–Crippen MR) is 75.7 cm³/mol. The molecule has 0 aromatic carbocycles. The number of aromatic nitrogens is 2. The first-order valence-corrected chi connectivity index (χ1v) is 6.78. The number of nitrogen functional groups attached to an aromatic ring is 1. The summed E-state index contributed by atoms with van der Waals surface area (Å²) in [6.45, 7) is 4.65. The maximum Gasteiger partial charge on any atom is 0.148 e. The third-order valence-corrected chi connectivity index (χ3v) is 4.01. The Morgan fingerprint density at radius 1 is 1.37 bits per heavy atom. The lowest BCUT2D eigenvalue weighted by Gasteiger charge is -2.35. The molecule has 1 aromatic heterocycles. The van der Waals surface area contributed by atoms with Crippen LogP contribution in [0.1, 0.15) is 38.2 Å². The number of anilines is 2. The van der Waals surface area contributed by atoms with Crippen molar-refractivity contribution in [3.8, 4) is 0 Å². The van der Waals surface area contributed by atoms with E-state index < -0.39 is 5.60 Å². The molecular weight excluding hydrogens is 242 g/mol. The molecule has 0 saturated heterocycles. The van der Waals surface area contributed by atoms with E-state index in [1.807, 2.05) is 6.92 Å². The second kappa shape index (κ2) is 5.71. The molecule has 0 spiro atoms. The number of nitrogens with one attached hydrogen (secondary N) is 2. The van der Waals surface area contributed by atoms with E-state index in [9.17, 15) is 5.11 Å². The molecule has 1 aromatic rings. The summed E-state index contributed by atoms with van der Waals surface area (Å²) in [7, 11) is 0. The van der Waals surface area contributed by atoms with Gasteiger partial charge in [-0.05, 0) is 38.5 Å². The maximum atomic E-state index is 10.5. The van der Waals surface area contributed by atoms with Crippen molar-refractivity contribution in [2.75, 3.05) is 17.3 Å². The average Bonchev–Trinajstić information content (AvgIpc) is 2.41. The zero-order valence-electron chi connectivity index (χ0n) is 11.6. The van der Waals surface area contributed by atoms with Crippen molar-refractivity contribution in [3.05, 3.63) is 11.9 Å². The van der Waals surface area contributed by atoms with Gasteiger partial charge in [0.25, 0.3) is 0 Å². The number of rotatable bonds is 4. The molecule has 1 fully saturated rings. The van der Waals surface area contributed by atoms with Crippen LogP contribution in [0, 0.1) is 12.8 Å². The Bertz CT molecular complexity index is 429. The molecule has 1 aliphatic rings. The van der Waals surface area contributed by atoms with Gasteiger partial charge in [-0.1, -0.05) is 6.92 Å². The van der Waals surface area contributed by atoms with E-state index in [1.54, 1.807) is 0 Å². The summed E-state index contributed by atoms with van der Waals surface area (Å²) in [4.78, 5) is 8.22. The number of hydrogen-bond acceptors (Lipinski definition) is 6. The second-order valence-corrected chi connectivity index (χ2v) is 5.60. The van der Waals surface area contributed by atoms with Crippen LogP contribution in [0.4, 0.5) is 11.6 Å². The van der Waals surface area contributed by atoms with Gasteiger partial charge in [0.15, 0.2) is 0 Å². The van der Waals surface area contributed by atoms with Crippen LogP contribution in [0.3, 0.4) is 0 Å². The number of nitrogens with two attached hydrogens (primary N) is 1. The molecule has 5 N–H and O–H groups in total. The number of aliphatic hydroxyl groups is 1. The van der Waals surface area contributed by atoms with Gasteiger partial charge in [-0.15, -0.1) is 0 Å². The van der Waals surface area contributed by atoms with Crippen LogP contribution in [-0.4, -0.2) is 27.2 Å². The van der Waals surface area contributed by atoms with E-state index in [0.717, 1.165) is 37.1 Å². The first-order chi connectivity index (χ1) is 9.04. The quantitative estimate of drug-likeness (QED) is 0.486. The topological polar surface area (TPSA) is 96.1 Å². The largest absolute Gasteiger partial charge is 0.388 e. The summed E-state index contributed by atoms with van der Waals surface area (Å²) in [6, 6.07) is 0. The van der Waals surface area contributed by atoms with Crippen molar-refractivity contribution in [3.63, 3.8) is 0 Å². The Kier molecular flexibility index (Phi) is 4.21. The minimum atomic E-state index is -0.625. The van der Waals surface area contributed by atoms with Crippen molar-refractivity contribution in [2.45, 2.75) is 45.1 Å². The second-order valence-electron chi connectivity index (χ2n) is 5.60. The van der Waals surface area contributed by atoms with Crippen LogP contribution in [0.2, 0.25) is 0 Å². The monoisotopic (exact) mass is 265 g/mol. The van der Waals surface area contributed by atoms with Gasteiger partial charge in [0.05, 0.1) is 5.60 Å². The van der Waals surface area contributed by atoms with Crippen molar-refractivity contribution in [1.29, 1.82) is 0 Å². The fourth-order valence-corrected chi connectivity index (χ4v) is 2.50. The van der Waals surface area contributed by atoms with Crippen LogP contribution < -0.4 is 16.6 Å². The van der Waals surface area contributed by atoms with Gasteiger partial charge < -0.3 is 15.8 Å². The Morgan fingerprint density at radius 2 is 2.00 bits per heavy atom. The zero-order valence-corrected chi connectivity index (χ0v) is 11.6. The highest BCUT2D eigenvalue weighted by molar-refractivity contribution is 5.55. The number of hydrogen-bond donors (Lipinski definition) is 4. The molecule has 0 bridgehead atoms. The van der Waals surface area contributed by atoms with Crippen molar-refractivity contribution >= 4 is 11.6 Å². The van der Waals surface area contributed by atoms with E-state index in [-0.39, 0.29) is 0 Å². The summed E-state index contributed by atoms with van der Waals surface area (Å²) in [5.41, 5.74) is 2.77. The summed E-state index contributed by atoms with van der Waals surface area (Å²) < 4.78 is 0. The zero-order chi connectivity index (χ0) is 13.9. The van der Waals surface area contributed by atoms with E-state index in [0.29, 0.717) is 18.3 Å². The van der Waals surface area contributed by atoms with Crippen molar-refractivity contribution in [1.82, 2.24) is 9.97 Å². The van der Waals surface area contributed by atoms with Gasteiger partial charge in [0, 0.05) is 12.1 Å². The highest BCUT2D eigenvalue weighted by atomic mass is 16.3. The summed E-state index contributed by atoms with van der Waals surface area (Å²) in [5, 5.41) is 13.7. The Morgan fingerprint density at radius 3 is 2.63 bits per heavy atom. The van der Waals surface area contributed by atoms with E-state index in [2.05, 4.69) is 27.6 Å². The molecule has 106 valence electrons. The first kappa shape index (κ1) is 14.0. The lowest BCUT2D eigenvalue weighted by Crippen LogP contribution is -2.40. The molecule has 0 amide bonds. The minimum absolute atomic E-state index is 0.515. The van der Waals surface area contributed by atoms with Crippen LogP contribution in [0.25, 0.3) is 0 Å². The van der Waals surface area contributed by atoms with Crippen LogP contribution in [-0.2, 0) is 0 Å². The molecule has 1 heterocycles. The van der Waals surface area contributed by atoms with Gasteiger partial charge in [0.2, 0.25) is 0 Å². The Labute approximate surface area is 113 Å². The molecule has 0 aliphatic heterocycles. The molecular formula is C13H23N5O. The third-order valence-electron chi connectivity index (χ3n) is 4.01. The van der Waals surface area contributed by atoms with Crippen molar-refractivity contribution < 1.29 is 5.11 Å². The van der Waals surface area contributed by atoms with Gasteiger partial charge >= 0.3 is 0 Å². The highest BCUT2D eigenvalue weighted by Crippen LogP contribution is 2.32. The van der Waals surface area contributed by atoms with E-state index >= 15 is 0 Å². The van der Waals surface area contributed by atoms with E-state index in [1.165, 1.54) is 6.33 Å². The average molecular weight is 265 g/mol. The molecule has 1 saturated carbocycles. The molecule has 0 radical (unpaired) electrons. The lowest BCUT2D eigenvalue weighted by molar-refractivity contribution is 0.00494. The van der Waals surface area contributed by atoms with Gasteiger partial charge in [-0.2, -0.15) is 0 Å². The summed E-state index contributed by atoms with van der Waals surface area (Å²) in [6.07, 6.45) is 5.30. The Hall–Kier alpha value is -1.40. The SMILES string of the molecule is Cc1c(NN)ncnc1NCC1(O)CCC(C)CC1. The van der Waals surface area contributed by atoms with Gasteiger partial charge in [-0.3, -0.25) is 0 Å². The standard InChI is InChI=1S/C13H23N5O/c1-9-3-5-13(19,6-4-9)7-15-11-10(2)12(18-14)17-8-16-11/h8-9,19H,3-7,14H2,1-2H3,(H2,15,16,17,18). The highest BCUT2D eigenvalue weighted by Gasteiger charge is 2.31. The number of nitrogens with zero attached hydrogens (tertiary/aromatic N) is 2. The fourth-order valence-electron chi connectivity index (χ4n) is 2.50. The van der Waals surface area contributed by atoms with Gasteiger partial charge in [0.1, 0.15) is 18.0 Å². The molecule has 6 nitrogen and oxygen atoms in total. The molecule has 6 heteroatoms. The molecule has 0 atom stereocenters. The smallest absolute Gasteiger partial charge is 0.148 e.